The number of rotatable bonds is 2. The van der Waals surface area contributed by atoms with Crippen LogP contribution in [0.4, 0.5) is 0 Å². The smallest absolute Gasteiger partial charge is 0.0521 e. The first-order valence-corrected chi connectivity index (χ1v) is 7.08. The number of nitrogens with zero attached hydrogens (tertiary/aromatic N) is 1. The van der Waals surface area contributed by atoms with Crippen LogP contribution in [-0.4, -0.2) is 54.8 Å². The second-order valence-electron chi connectivity index (χ2n) is 4.71. The fourth-order valence-corrected chi connectivity index (χ4v) is 3.42. The molecule has 2 aliphatic rings. The van der Waals surface area contributed by atoms with Gasteiger partial charge in [-0.3, -0.25) is 4.90 Å². The summed E-state index contributed by atoms with van der Waals surface area (Å²) in [7, 11) is 0. The van der Waals surface area contributed by atoms with Gasteiger partial charge in [-0.2, -0.15) is 11.8 Å². The average molecular weight is 230 g/mol. The topological polar surface area (TPSA) is 38.5 Å². The van der Waals surface area contributed by atoms with E-state index >= 15 is 0 Å². The van der Waals surface area contributed by atoms with Gasteiger partial charge in [0.05, 0.1) is 6.61 Å². The van der Waals surface area contributed by atoms with Crippen molar-refractivity contribution in [2.75, 3.05) is 37.8 Å². The van der Waals surface area contributed by atoms with E-state index in [9.17, 15) is 0 Å². The molecule has 88 valence electrons. The molecule has 2 N–H and O–H groups in total. The van der Waals surface area contributed by atoms with Gasteiger partial charge in [-0.15, -0.1) is 0 Å². The molecule has 2 heterocycles. The molecule has 0 saturated carbocycles. The Hall–Kier alpha value is 0.230. The van der Waals surface area contributed by atoms with Crippen molar-refractivity contribution in [2.24, 2.45) is 11.7 Å². The van der Waals surface area contributed by atoms with Gasteiger partial charge in [0.15, 0.2) is 0 Å². The quantitative estimate of drug-likeness (QED) is 0.761. The van der Waals surface area contributed by atoms with Gasteiger partial charge >= 0.3 is 0 Å². The molecule has 2 rings (SSSR count). The summed E-state index contributed by atoms with van der Waals surface area (Å²) in [4.78, 5) is 2.58. The Bertz CT molecular complexity index is 183. The zero-order valence-corrected chi connectivity index (χ0v) is 10.3. The molecule has 0 radical (unpaired) electrons. The number of thioether (sulfide) groups is 1. The molecule has 3 unspecified atom stereocenters. The molecule has 3 atom stereocenters. The minimum atomic E-state index is 0.348. The first-order valence-electron chi connectivity index (χ1n) is 5.92. The van der Waals surface area contributed by atoms with Crippen molar-refractivity contribution < 1.29 is 4.74 Å². The van der Waals surface area contributed by atoms with E-state index in [2.05, 4.69) is 23.6 Å². The van der Waals surface area contributed by atoms with Crippen LogP contribution in [0.2, 0.25) is 0 Å². The van der Waals surface area contributed by atoms with E-state index in [-0.39, 0.29) is 0 Å². The van der Waals surface area contributed by atoms with Crippen LogP contribution in [0.3, 0.4) is 0 Å². The van der Waals surface area contributed by atoms with Crippen molar-refractivity contribution in [1.29, 1.82) is 0 Å². The van der Waals surface area contributed by atoms with Crippen LogP contribution < -0.4 is 5.73 Å². The minimum absolute atomic E-state index is 0.348. The van der Waals surface area contributed by atoms with Gasteiger partial charge in [-0.1, -0.05) is 0 Å². The van der Waals surface area contributed by atoms with E-state index in [1.165, 1.54) is 18.1 Å². The second kappa shape index (κ2) is 5.53. The van der Waals surface area contributed by atoms with Crippen molar-refractivity contribution >= 4 is 11.8 Å². The van der Waals surface area contributed by atoms with Crippen LogP contribution in [0.5, 0.6) is 0 Å². The Balaban J connectivity index is 1.83. The van der Waals surface area contributed by atoms with Crippen LogP contribution in [-0.2, 0) is 4.74 Å². The molecule has 0 spiro atoms. The van der Waals surface area contributed by atoms with Crippen molar-refractivity contribution in [3.63, 3.8) is 0 Å². The maximum absolute atomic E-state index is 6.13. The molecule has 0 aromatic heterocycles. The third kappa shape index (κ3) is 3.09. The lowest BCUT2D eigenvalue weighted by atomic mass is 9.95. The van der Waals surface area contributed by atoms with E-state index in [0.717, 1.165) is 26.2 Å². The third-order valence-electron chi connectivity index (χ3n) is 3.51. The highest BCUT2D eigenvalue weighted by molar-refractivity contribution is 7.99. The average Bonchev–Trinajstić information content (AvgIpc) is 2.24. The maximum Gasteiger partial charge on any atom is 0.0521 e. The molecule has 2 aliphatic heterocycles. The molecular weight excluding hydrogens is 208 g/mol. The highest BCUT2D eigenvalue weighted by Crippen LogP contribution is 2.20. The van der Waals surface area contributed by atoms with Crippen LogP contribution in [0.15, 0.2) is 0 Å². The number of nitrogens with two attached hydrogens (primary N) is 1. The summed E-state index contributed by atoms with van der Waals surface area (Å²) in [5.41, 5.74) is 6.13. The van der Waals surface area contributed by atoms with Gasteiger partial charge < -0.3 is 10.5 Å². The van der Waals surface area contributed by atoms with Crippen molar-refractivity contribution in [2.45, 2.75) is 25.4 Å². The summed E-state index contributed by atoms with van der Waals surface area (Å²) in [6, 6.07) is 1.05. The monoisotopic (exact) mass is 230 g/mol. The number of hydrogen-bond donors (Lipinski definition) is 1. The molecule has 4 heteroatoms. The van der Waals surface area contributed by atoms with Crippen molar-refractivity contribution in [1.82, 2.24) is 4.90 Å². The maximum atomic E-state index is 6.13. The summed E-state index contributed by atoms with van der Waals surface area (Å²) < 4.78 is 5.52. The zero-order valence-electron chi connectivity index (χ0n) is 9.52. The summed E-state index contributed by atoms with van der Waals surface area (Å²) >= 11 is 2.07. The standard InChI is InChI=1S/C11H22N2OS/c1-9-8-15-5-3-13(9)6-10-7-14-4-2-11(10)12/h9-11H,2-8,12H2,1H3. The third-order valence-corrected chi connectivity index (χ3v) is 4.70. The molecular formula is C11H22N2OS. The van der Waals surface area contributed by atoms with Gasteiger partial charge in [0.1, 0.15) is 0 Å². The van der Waals surface area contributed by atoms with E-state index in [0.29, 0.717) is 18.0 Å². The summed E-state index contributed by atoms with van der Waals surface area (Å²) in [5, 5.41) is 0. The highest BCUT2D eigenvalue weighted by Gasteiger charge is 2.27. The van der Waals surface area contributed by atoms with E-state index in [1.54, 1.807) is 0 Å². The number of ether oxygens (including phenoxy) is 1. The Morgan fingerprint density at radius 2 is 2.40 bits per heavy atom. The predicted molar refractivity (Wildman–Crippen MR) is 65.3 cm³/mol. The summed E-state index contributed by atoms with van der Waals surface area (Å²) in [6.45, 7) is 6.37. The van der Waals surface area contributed by atoms with E-state index < -0.39 is 0 Å². The second-order valence-corrected chi connectivity index (χ2v) is 5.86. The van der Waals surface area contributed by atoms with Gasteiger partial charge in [0, 0.05) is 49.2 Å². The first kappa shape index (κ1) is 11.7. The Morgan fingerprint density at radius 3 is 3.13 bits per heavy atom. The lowest BCUT2D eigenvalue weighted by molar-refractivity contribution is 0.0223. The fraction of sp³-hybridized carbons (Fsp3) is 1.00. The summed E-state index contributed by atoms with van der Waals surface area (Å²) in [5.74, 6) is 3.08. The Kier molecular flexibility index (Phi) is 4.31. The number of hydrogen-bond acceptors (Lipinski definition) is 4. The van der Waals surface area contributed by atoms with Crippen LogP contribution in [0.25, 0.3) is 0 Å². The highest BCUT2D eigenvalue weighted by atomic mass is 32.2. The Labute approximate surface area is 96.7 Å². The lowest BCUT2D eigenvalue weighted by Crippen LogP contribution is -2.49. The van der Waals surface area contributed by atoms with E-state index in [1.807, 2.05) is 0 Å². The van der Waals surface area contributed by atoms with Gasteiger partial charge in [-0.25, -0.2) is 0 Å². The van der Waals surface area contributed by atoms with Gasteiger partial charge in [-0.05, 0) is 13.3 Å². The zero-order chi connectivity index (χ0) is 10.7. The Morgan fingerprint density at radius 1 is 1.53 bits per heavy atom. The van der Waals surface area contributed by atoms with Crippen molar-refractivity contribution in [3.8, 4) is 0 Å². The lowest BCUT2D eigenvalue weighted by Gasteiger charge is -2.38. The van der Waals surface area contributed by atoms with Crippen LogP contribution in [0, 0.1) is 5.92 Å². The van der Waals surface area contributed by atoms with Crippen LogP contribution in [0.1, 0.15) is 13.3 Å². The molecule has 0 bridgehead atoms. The normalized spacial score (nSPS) is 39.2. The van der Waals surface area contributed by atoms with Crippen molar-refractivity contribution in [3.05, 3.63) is 0 Å². The molecule has 3 nitrogen and oxygen atoms in total. The minimum Gasteiger partial charge on any atom is -0.381 e. The first-order chi connectivity index (χ1) is 7.27. The fourth-order valence-electron chi connectivity index (χ4n) is 2.34. The predicted octanol–water partition coefficient (Wildman–Crippen LogP) is 0.788. The molecule has 2 saturated heterocycles. The molecule has 0 amide bonds. The molecule has 15 heavy (non-hydrogen) atoms. The van der Waals surface area contributed by atoms with Crippen LogP contribution >= 0.6 is 11.8 Å². The molecule has 2 fully saturated rings. The molecule has 0 aliphatic carbocycles. The molecule has 0 aromatic rings. The summed E-state index contributed by atoms with van der Waals surface area (Å²) in [6.07, 6.45) is 1.03. The molecule has 0 aromatic carbocycles. The SMILES string of the molecule is CC1CSCCN1CC1COCCC1N. The largest absolute Gasteiger partial charge is 0.381 e. The van der Waals surface area contributed by atoms with Gasteiger partial charge in [0.2, 0.25) is 0 Å². The van der Waals surface area contributed by atoms with Gasteiger partial charge in [0.25, 0.3) is 0 Å². The van der Waals surface area contributed by atoms with E-state index in [4.69, 9.17) is 10.5 Å².